The molecule has 1 aromatic rings. The molecule has 0 saturated heterocycles. The average Bonchev–Trinajstić information content (AvgIpc) is 2.46. The summed E-state index contributed by atoms with van der Waals surface area (Å²) in [6.07, 6.45) is 5.41. The predicted octanol–water partition coefficient (Wildman–Crippen LogP) is 6.35. The van der Waals surface area contributed by atoms with Crippen LogP contribution in [0.25, 0.3) is 0 Å². The van der Waals surface area contributed by atoms with Gasteiger partial charge in [0.15, 0.2) is 0 Å². The monoisotopic (exact) mass is 410 g/mol. The highest BCUT2D eigenvalue weighted by Crippen LogP contribution is 2.21. The smallest absolute Gasteiger partial charge is 0.411 e. The van der Waals surface area contributed by atoms with E-state index in [0.29, 0.717) is 0 Å². The Morgan fingerprint density at radius 3 is 2.44 bits per heavy atom. The van der Waals surface area contributed by atoms with Crippen LogP contribution in [0.1, 0.15) is 66.9 Å². The van der Waals surface area contributed by atoms with E-state index in [2.05, 4.69) is 39.2 Å². The number of pyridine rings is 1. The maximum absolute atomic E-state index is 11.7. The van der Waals surface area contributed by atoms with Gasteiger partial charge in [-0.1, -0.05) is 32.4 Å². The zero-order valence-electron chi connectivity index (χ0n) is 16.6. The molecule has 0 aliphatic carbocycles. The Morgan fingerprint density at radius 1 is 1.32 bits per heavy atom. The van der Waals surface area contributed by atoms with E-state index < -0.39 is 11.7 Å². The van der Waals surface area contributed by atoms with Crippen molar-refractivity contribution >= 4 is 22.0 Å². The second kappa shape index (κ2) is 11.1. The lowest BCUT2D eigenvalue weighted by atomic mass is 10.00. The Labute approximate surface area is 160 Å². The number of alkyl carbamates (subject to hydrolysis) is 1. The number of nitrogens with one attached hydrogen (secondary N) is 1. The minimum atomic E-state index is -0.501. The standard InChI is InChI=1S/C18H25BrN2O2.C2H6/c1-12(9-13(2)15-7-8-20-16(19)11-15)10-14(3)21-17(22)23-18(4,5)6;1-2/h7-11,13H,1-6H3,(H,21,22);1-2H3/b12-9-,14-10+;. The van der Waals surface area contributed by atoms with Crippen molar-refractivity contribution in [2.24, 2.45) is 0 Å². The summed E-state index contributed by atoms with van der Waals surface area (Å²) >= 11 is 3.38. The Balaban J connectivity index is 0.00000277. The van der Waals surface area contributed by atoms with Crippen molar-refractivity contribution in [3.05, 3.63) is 51.9 Å². The van der Waals surface area contributed by atoms with Gasteiger partial charge in [-0.2, -0.15) is 0 Å². The minimum Gasteiger partial charge on any atom is -0.444 e. The summed E-state index contributed by atoms with van der Waals surface area (Å²) in [5.74, 6) is 0.250. The highest BCUT2D eigenvalue weighted by atomic mass is 79.9. The van der Waals surface area contributed by atoms with Gasteiger partial charge in [0.25, 0.3) is 0 Å². The second-order valence-electron chi connectivity index (χ2n) is 6.57. The molecule has 1 rings (SSSR count). The van der Waals surface area contributed by atoms with Crippen molar-refractivity contribution in [1.29, 1.82) is 0 Å². The normalized spacial score (nSPS) is 13.5. The fourth-order valence-corrected chi connectivity index (χ4v) is 2.46. The third kappa shape index (κ3) is 10.8. The van der Waals surface area contributed by atoms with Crippen molar-refractivity contribution < 1.29 is 9.53 Å². The highest BCUT2D eigenvalue weighted by molar-refractivity contribution is 9.10. The first-order valence-corrected chi connectivity index (χ1v) is 9.34. The van der Waals surface area contributed by atoms with Gasteiger partial charge in [0.2, 0.25) is 0 Å². The van der Waals surface area contributed by atoms with Gasteiger partial charge in [0, 0.05) is 11.9 Å². The summed E-state index contributed by atoms with van der Waals surface area (Å²) in [5.41, 5.74) is 2.49. The van der Waals surface area contributed by atoms with Gasteiger partial charge in [-0.25, -0.2) is 9.78 Å². The first-order chi connectivity index (χ1) is 11.6. The number of carbonyl (C=O) groups excluding carboxylic acids is 1. The molecule has 1 unspecified atom stereocenters. The summed E-state index contributed by atoms with van der Waals surface area (Å²) < 4.78 is 6.06. The van der Waals surface area contributed by atoms with Crippen LogP contribution in [-0.2, 0) is 4.74 Å². The molecule has 5 heteroatoms. The van der Waals surface area contributed by atoms with E-state index >= 15 is 0 Å². The van der Waals surface area contributed by atoms with Crippen LogP contribution in [0.2, 0.25) is 0 Å². The molecule has 0 saturated carbocycles. The maximum Gasteiger partial charge on any atom is 0.411 e. The predicted molar refractivity (Wildman–Crippen MR) is 109 cm³/mol. The zero-order valence-corrected chi connectivity index (χ0v) is 18.2. The van der Waals surface area contributed by atoms with E-state index in [0.717, 1.165) is 15.9 Å². The second-order valence-corrected chi connectivity index (χ2v) is 7.38. The molecule has 0 spiro atoms. The molecule has 1 atom stereocenters. The van der Waals surface area contributed by atoms with Crippen LogP contribution in [0.5, 0.6) is 0 Å². The number of carbonyl (C=O) groups is 1. The van der Waals surface area contributed by atoms with Crippen LogP contribution in [0.15, 0.2) is 46.4 Å². The molecular weight excluding hydrogens is 380 g/mol. The number of nitrogens with zero attached hydrogens (tertiary/aromatic N) is 1. The molecule has 0 bridgehead atoms. The molecule has 1 aromatic heterocycles. The van der Waals surface area contributed by atoms with E-state index in [1.54, 1.807) is 6.20 Å². The molecule has 25 heavy (non-hydrogen) atoms. The van der Waals surface area contributed by atoms with E-state index in [1.165, 1.54) is 5.56 Å². The number of aromatic nitrogens is 1. The lowest BCUT2D eigenvalue weighted by molar-refractivity contribution is 0.0546. The largest absolute Gasteiger partial charge is 0.444 e. The van der Waals surface area contributed by atoms with E-state index in [4.69, 9.17) is 4.74 Å². The number of hydrogen-bond acceptors (Lipinski definition) is 3. The van der Waals surface area contributed by atoms with Gasteiger partial charge in [-0.15, -0.1) is 0 Å². The van der Waals surface area contributed by atoms with Crippen molar-refractivity contribution in [2.45, 2.75) is 66.9 Å². The Morgan fingerprint density at radius 2 is 1.92 bits per heavy atom. The van der Waals surface area contributed by atoms with Gasteiger partial charge >= 0.3 is 6.09 Å². The SMILES string of the molecule is CC.CC(=C/C(C)c1ccnc(Br)c1)/C=C(\C)NC(=O)OC(C)(C)C. The fourth-order valence-electron chi connectivity index (χ4n) is 2.08. The van der Waals surface area contributed by atoms with Crippen LogP contribution in [0, 0.1) is 0 Å². The van der Waals surface area contributed by atoms with Crippen molar-refractivity contribution in [1.82, 2.24) is 10.3 Å². The van der Waals surface area contributed by atoms with Gasteiger partial charge in [0.05, 0.1) is 0 Å². The summed E-state index contributed by atoms with van der Waals surface area (Å²) in [5, 5.41) is 2.73. The third-order valence-electron chi connectivity index (χ3n) is 2.93. The molecule has 1 amide bonds. The number of halogens is 1. The molecular formula is C20H31BrN2O2. The lowest BCUT2D eigenvalue weighted by Gasteiger charge is -2.19. The van der Waals surface area contributed by atoms with Gasteiger partial charge in [0.1, 0.15) is 10.2 Å². The van der Waals surface area contributed by atoms with Crippen LogP contribution in [0.3, 0.4) is 0 Å². The van der Waals surface area contributed by atoms with Crippen molar-refractivity contribution in [2.75, 3.05) is 0 Å². The fraction of sp³-hybridized carbons (Fsp3) is 0.500. The molecule has 4 nitrogen and oxygen atoms in total. The molecule has 0 fully saturated rings. The molecule has 140 valence electrons. The quantitative estimate of drug-likeness (QED) is 0.464. The van der Waals surface area contributed by atoms with Crippen LogP contribution in [0.4, 0.5) is 4.79 Å². The molecule has 0 aromatic carbocycles. The topological polar surface area (TPSA) is 51.2 Å². The number of hydrogen-bond donors (Lipinski definition) is 1. The Kier molecular flexibility index (Phi) is 10.4. The summed E-state index contributed by atoms with van der Waals surface area (Å²) in [6, 6.07) is 4.00. The minimum absolute atomic E-state index is 0.250. The van der Waals surface area contributed by atoms with Gasteiger partial charge in [-0.3, -0.25) is 5.32 Å². The number of allylic oxidation sites excluding steroid dienone is 4. The average molecular weight is 411 g/mol. The summed E-state index contributed by atoms with van der Waals surface area (Å²) in [4.78, 5) is 15.9. The molecule has 0 aliphatic heterocycles. The maximum atomic E-state index is 11.7. The lowest BCUT2D eigenvalue weighted by Crippen LogP contribution is -2.31. The number of amides is 1. The number of rotatable bonds is 4. The van der Waals surface area contributed by atoms with Crippen LogP contribution < -0.4 is 5.32 Å². The number of ether oxygens (including phenoxy) is 1. The summed E-state index contributed by atoms with van der Waals surface area (Å²) in [7, 11) is 0. The molecule has 0 aliphatic rings. The van der Waals surface area contributed by atoms with Crippen LogP contribution in [-0.4, -0.2) is 16.7 Å². The first kappa shape index (κ1) is 23.4. The van der Waals surface area contributed by atoms with Crippen LogP contribution >= 0.6 is 15.9 Å². The van der Waals surface area contributed by atoms with Crippen molar-refractivity contribution in [3.63, 3.8) is 0 Å². The molecule has 1 N–H and O–H groups in total. The van der Waals surface area contributed by atoms with Gasteiger partial charge < -0.3 is 4.74 Å². The summed E-state index contributed by atoms with van der Waals surface area (Å²) in [6.45, 7) is 15.5. The molecule has 1 heterocycles. The Bertz CT molecular complexity index is 616. The van der Waals surface area contributed by atoms with E-state index in [-0.39, 0.29) is 5.92 Å². The molecule has 0 radical (unpaired) electrons. The highest BCUT2D eigenvalue weighted by Gasteiger charge is 2.15. The van der Waals surface area contributed by atoms with E-state index in [1.807, 2.05) is 66.7 Å². The van der Waals surface area contributed by atoms with Gasteiger partial charge in [-0.05, 0) is 80.2 Å². The zero-order chi connectivity index (χ0) is 19.6. The Hall–Kier alpha value is -1.62. The third-order valence-corrected chi connectivity index (χ3v) is 3.37. The van der Waals surface area contributed by atoms with Crippen molar-refractivity contribution in [3.8, 4) is 0 Å². The first-order valence-electron chi connectivity index (χ1n) is 8.55. The van der Waals surface area contributed by atoms with E-state index in [9.17, 15) is 4.79 Å².